The molecule has 1 saturated heterocycles. The molecule has 2 aromatic rings. The van der Waals surface area contributed by atoms with Crippen LogP contribution in [0.1, 0.15) is 11.1 Å². The summed E-state index contributed by atoms with van der Waals surface area (Å²) in [5.74, 6) is 1.68. The molecule has 7 heteroatoms. The molecule has 0 atom stereocenters. The van der Waals surface area contributed by atoms with Gasteiger partial charge in [-0.3, -0.25) is 10.1 Å². The number of para-hydroxylation sites is 1. The minimum atomic E-state index is -0.329. The molecule has 0 radical (unpaired) electrons. The number of nitrogens with zero attached hydrogens (tertiary/aromatic N) is 1. The maximum absolute atomic E-state index is 11.1. The van der Waals surface area contributed by atoms with E-state index >= 15 is 0 Å². The molecule has 2 N–H and O–H groups in total. The zero-order chi connectivity index (χ0) is 19.3. The molecular weight excluding hydrogens is 358 g/mol. The van der Waals surface area contributed by atoms with Gasteiger partial charge in [0.05, 0.1) is 17.0 Å². The number of quaternary nitrogens is 2. The first-order chi connectivity index (χ1) is 13.7. The Hall–Kier alpha value is -2.90. The first kappa shape index (κ1) is 18.5. The van der Waals surface area contributed by atoms with Gasteiger partial charge in [0.2, 0.25) is 6.79 Å². The predicted molar refractivity (Wildman–Crippen MR) is 105 cm³/mol. The summed E-state index contributed by atoms with van der Waals surface area (Å²) in [6.45, 7) is 6.63. The fraction of sp³-hybridized carbons (Fsp3) is 0.333. The van der Waals surface area contributed by atoms with Crippen molar-refractivity contribution in [3.8, 4) is 11.5 Å². The van der Waals surface area contributed by atoms with Crippen LogP contribution in [0, 0.1) is 10.1 Å². The van der Waals surface area contributed by atoms with Crippen LogP contribution in [0.25, 0.3) is 6.08 Å². The Bertz CT molecular complexity index is 876. The Morgan fingerprint density at radius 1 is 1.00 bits per heavy atom. The zero-order valence-electron chi connectivity index (χ0n) is 15.7. The first-order valence-corrected chi connectivity index (χ1v) is 9.64. The number of nitro benzene ring substituents is 1. The van der Waals surface area contributed by atoms with E-state index < -0.39 is 0 Å². The summed E-state index contributed by atoms with van der Waals surface area (Å²) in [5, 5.41) is 11.1. The third-order valence-corrected chi connectivity index (χ3v) is 5.39. The van der Waals surface area contributed by atoms with Crippen LogP contribution in [0.5, 0.6) is 11.5 Å². The van der Waals surface area contributed by atoms with Crippen molar-refractivity contribution >= 4 is 11.8 Å². The minimum absolute atomic E-state index is 0.159. The van der Waals surface area contributed by atoms with Gasteiger partial charge in [-0.05, 0) is 36.4 Å². The highest BCUT2D eigenvalue weighted by Gasteiger charge is 2.23. The van der Waals surface area contributed by atoms with Crippen molar-refractivity contribution < 1.29 is 24.2 Å². The molecule has 0 unspecified atom stereocenters. The van der Waals surface area contributed by atoms with Crippen LogP contribution in [-0.4, -0.2) is 44.4 Å². The molecule has 2 aliphatic heterocycles. The van der Waals surface area contributed by atoms with E-state index in [4.69, 9.17) is 9.47 Å². The van der Waals surface area contributed by atoms with Gasteiger partial charge < -0.3 is 19.3 Å². The van der Waals surface area contributed by atoms with Gasteiger partial charge in [-0.15, -0.1) is 0 Å². The molecule has 2 aromatic carbocycles. The molecule has 0 aromatic heterocycles. The molecule has 146 valence electrons. The fourth-order valence-corrected chi connectivity index (χ4v) is 3.82. The quantitative estimate of drug-likeness (QED) is 0.557. The molecule has 28 heavy (non-hydrogen) atoms. The van der Waals surface area contributed by atoms with Gasteiger partial charge in [0.15, 0.2) is 11.5 Å². The lowest BCUT2D eigenvalue weighted by molar-refractivity contribution is -1.02. The van der Waals surface area contributed by atoms with Crippen LogP contribution < -0.4 is 19.3 Å². The van der Waals surface area contributed by atoms with Crippen molar-refractivity contribution in [3.05, 3.63) is 69.8 Å². The molecule has 4 rings (SSSR count). The monoisotopic (exact) mass is 383 g/mol. The summed E-state index contributed by atoms with van der Waals surface area (Å²) < 4.78 is 10.8. The van der Waals surface area contributed by atoms with Crippen LogP contribution in [0.2, 0.25) is 0 Å². The highest BCUT2D eigenvalue weighted by molar-refractivity contribution is 5.60. The van der Waals surface area contributed by atoms with E-state index in [0.717, 1.165) is 50.8 Å². The van der Waals surface area contributed by atoms with E-state index in [1.807, 2.05) is 18.2 Å². The van der Waals surface area contributed by atoms with Crippen LogP contribution >= 0.6 is 0 Å². The Labute approximate surface area is 163 Å². The normalized spacial score (nSPS) is 21.1. The molecule has 2 aliphatic rings. The largest absolute Gasteiger partial charge is 0.454 e. The molecule has 0 spiro atoms. The van der Waals surface area contributed by atoms with Crippen LogP contribution in [0.3, 0.4) is 0 Å². The van der Waals surface area contributed by atoms with Gasteiger partial charge in [-0.2, -0.15) is 0 Å². The van der Waals surface area contributed by atoms with Crippen molar-refractivity contribution in [2.45, 2.75) is 6.54 Å². The summed E-state index contributed by atoms with van der Waals surface area (Å²) in [7, 11) is 0. The number of rotatable bonds is 6. The minimum Gasteiger partial charge on any atom is -0.454 e. The van der Waals surface area contributed by atoms with Crippen LogP contribution in [0.4, 0.5) is 5.69 Å². The molecule has 7 nitrogen and oxygen atoms in total. The molecule has 2 heterocycles. The standard InChI is InChI=1S/C21H23N3O4/c25-24(26)19-6-2-1-4-18(19)5-3-9-22-10-12-23(13-11-22)15-17-7-8-20-21(14-17)28-16-27-20/h1-8,14H,9-13,15-16H2/p+2/b5-3+. The molecule has 1 fully saturated rings. The lowest BCUT2D eigenvalue weighted by Gasteiger charge is -2.29. The van der Waals surface area contributed by atoms with Crippen molar-refractivity contribution in [1.82, 2.24) is 0 Å². The Morgan fingerprint density at radius 2 is 1.75 bits per heavy atom. The number of nitro groups is 1. The van der Waals surface area contributed by atoms with Crippen molar-refractivity contribution in [1.29, 1.82) is 0 Å². The first-order valence-electron chi connectivity index (χ1n) is 9.64. The number of nitrogens with one attached hydrogen (secondary N) is 2. The van der Waals surface area contributed by atoms with E-state index in [1.54, 1.807) is 23.1 Å². The molecular formula is C21H25N3O4+2. The smallest absolute Gasteiger partial charge is 0.276 e. The summed E-state index contributed by atoms with van der Waals surface area (Å²) in [5.41, 5.74) is 2.10. The SMILES string of the molecule is O=[N+]([O-])c1ccccc1/C=C/C[NH+]1CC[NH+](Cc2ccc3c(c2)OCO3)CC1. The third kappa shape index (κ3) is 4.32. The maximum Gasteiger partial charge on any atom is 0.276 e. The molecule has 0 saturated carbocycles. The number of fused-ring (bicyclic) bond motifs is 1. The summed E-state index contributed by atoms with van der Waals surface area (Å²) in [6.07, 6.45) is 3.93. The second kappa shape index (κ2) is 8.41. The maximum atomic E-state index is 11.1. The lowest BCUT2D eigenvalue weighted by atomic mass is 10.1. The van der Waals surface area contributed by atoms with E-state index in [2.05, 4.69) is 18.2 Å². The number of hydrogen-bond donors (Lipinski definition) is 2. The van der Waals surface area contributed by atoms with E-state index in [9.17, 15) is 10.1 Å². The highest BCUT2D eigenvalue weighted by Crippen LogP contribution is 2.32. The predicted octanol–water partition coefficient (Wildman–Crippen LogP) is 0.320. The molecule has 0 amide bonds. The second-order valence-corrected chi connectivity index (χ2v) is 7.29. The van der Waals surface area contributed by atoms with E-state index in [1.165, 1.54) is 10.5 Å². The van der Waals surface area contributed by atoms with Gasteiger partial charge in [-0.25, -0.2) is 0 Å². The Morgan fingerprint density at radius 3 is 2.57 bits per heavy atom. The van der Waals surface area contributed by atoms with Crippen molar-refractivity contribution in [2.24, 2.45) is 0 Å². The van der Waals surface area contributed by atoms with Gasteiger partial charge in [-0.1, -0.05) is 12.1 Å². The number of hydrogen-bond acceptors (Lipinski definition) is 4. The number of benzene rings is 2. The summed E-state index contributed by atoms with van der Waals surface area (Å²) in [6, 6.07) is 13.1. The van der Waals surface area contributed by atoms with Crippen molar-refractivity contribution in [3.63, 3.8) is 0 Å². The molecule has 0 bridgehead atoms. The fourth-order valence-electron chi connectivity index (χ4n) is 3.82. The Kier molecular flexibility index (Phi) is 5.55. The highest BCUT2D eigenvalue weighted by atomic mass is 16.7. The van der Waals surface area contributed by atoms with Gasteiger partial charge in [0.1, 0.15) is 32.7 Å². The lowest BCUT2D eigenvalue weighted by Crippen LogP contribution is -3.27. The average Bonchev–Trinajstić information content (AvgIpc) is 3.17. The third-order valence-electron chi connectivity index (χ3n) is 5.39. The number of ether oxygens (including phenoxy) is 2. The number of piperazine rings is 1. The van der Waals surface area contributed by atoms with Crippen LogP contribution in [0.15, 0.2) is 48.5 Å². The average molecular weight is 383 g/mol. The molecule has 0 aliphatic carbocycles. The summed E-state index contributed by atoms with van der Waals surface area (Å²) >= 11 is 0. The summed E-state index contributed by atoms with van der Waals surface area (Å²) in [4.78, 5) is 13.8. The van der Waals surface area contributed by atoms with E-state index in [0.29, 0.717) is 12.4 Å². The van der Waals surface area contributed by atoms with Crippen molar-refractivity contribution in [2.75, 3.05) is 39.5 Å². The topological polar surface area (TPSA) is 70.5 Å². The van der Waals surface area contributed by atoms with Gasteiger partial charge in [0.25, 0.3) is 5.69 Å². The Balaban J connectivity index is 1.26. The van der Waals surface area contributed by atoms with Gasteiger partial charge in [0, 0.05) is 11.6 Å². The second-order valence-electron chi connectivity index (χ2n) is 7.29. The van der Waals surface area contributed by atoms with Gasteiger partial charge >= 0.3 is 0 Å². The van der Waals surface area contributed by atoms with E-state index in [-0.39, 0.29) is 10.6 Å². The zero-order valence-corrected chi connectivity index (χ0v) is 15.7. The van der Waals surface area contributed by atoms with Crippen LogP contribution in [-0.2, 0) is 6.54 Å².